The molecule has 1 aromatic rings. The lowest BCUT2D eigenvalue weighted by Crippen LogP contribution is -2.46. The molecule has 1 saturated heterocycles. The number of hydrogen-bond donors (Lipinski definition) is 1. The van der Waals surface area contributed by atoms with Gasteiger partial charge in [-0.3, -0.25) is 4.79 Å². The lowest BCUT2D eigenvalue weighted by atomic mass is 9.95. The Labute approximate surface area is 150 Å². The number of urea groups is 1. The van der Waals surface area contributed by atoms with Gasteiger partial charge in [0.05, 0.1) is 12.6 Å². The minimum atomic E-state index is -0.0747. The molecule has 0 aliphatic carbocycles. The Morgan fingerprint density at radius 2 is 2.00 bits per heavy atom. The van der Waals surface area contributed by atoms with Gasteiger partial charge in [0.1, 0.15) is 5.75 Å². The molecule has 1 aliphatic heterocycles. The lowest BCUT2D eigenvalue weighted by molar-refractivity contribution is -0.126. The van der Waals surface area contributed by atoms with Crippen molar-refractivity contribution in [2.75, 3.05) is 33.8 Å². The molecule has 1 fully saturated rings. The maximum absolute atomic E-state index is 12.5. The minimum Gasteiger partial charge on any atom is -0.494 e. The molecule has 0 aromatic heterocycles. The highest BCUT2D eigenvalue weighted by Gasteiger charge is 2.28. The lowest BCUT2D eigenvalue weighted by Gasteiger charge is -2.33. The highest BCUT2D eigenvalue weighted by atomic mass is 16.5. The molecule has 1 atom stereocenters. The Balaban J connectivity index is 1.88. The zero-order valence-corrected chi connectivity index (χ0v) is 15.6. The fourth-order valence-corrected chi connectivity index (χ4v) is 3.07. The molecule has 0 bridgehead atoms. The van der Waals surface area contributed by atoms with Gasteiger partial charge in [0.25, 0.3) is 0 Å². The van der Waals surface area contributed by atoms with Crippen LogP contribution >= 0.6 is 0 Å². The Morgan fingerprint density at radius 1 is 1.32 bits per heavy atom. The second kappa shape index (κ2) is 8.74. The van der Waals surface area contributed by atoms with Gasteiger partial charge >= 0.3 is 6.03 Å². The summed E-state index contributed by atoms with van der Waals surface area (Å²) in [6, 6.07) is 7.75. The number of benzene rings is 1. The van der Waals surface area contributed by atoms with Crippen LogP contribution in [0.25, 0.3) is 0 Å². The van der Waals surface area contributed by atoms with Crippen molar-refractivity contribution in [1.29, 1.82) is 0 Å². The fraction of sp³-hybridized carbons (Fsp3) is 0.579. The number of likely N-dealkylation sites (tertiary alicyclic amines) is 1. The van der Waals surface area contributed by atoms with Gasteiger partial charge in [0.2, 0.25) is 5.91 Å². The Bertz CT molecular complexity index is 595. The predicted molar refractivity (Wildman–Crippen MR) is 97.5 cm³/mol. The van der Waals surface area contributed by atoms with Crippen molar-refractivity contribution < 1.29 is 14.3 Å². The zero-order chi connectivity index (χ0) is 18.4. The van der Waals surface area contributed by atoms with E-state index in [2.05, 4.69) is 5.32 Å². The molecule has 0 radical (unpaired) electrons. The summed E-state index contributed by atoms with van der Waals surface area (Å²) < 4.78 is 5.52. The molecule has 1 aromatic carbocycles. The topological polar surface area (TPSA) is 61.9 Å². The van der Waals surface area contributed by atoms with Crippen molar-refractivity contribution in [1.82, 2.24) is 15.1 Å². The average molecular weight is 347 g/mol. The Morgan fingerprint density at radius 3 is 2.60 bits per heavy atom. The summed E-state index contributed by atoms with van der Waals surface area (Å²) in [7, 11) is 3.50. The molecule has 25 heavy (non-hydrogen) atoms. The minimum absolute atomic E-state index is 0.0139. The molecule has 1 N–H and O–H groups in total. The van der Waals surface area contributed by atoms with Gasteiger partial charge in [-0.05, 0) is 44.4 Å². The first kappa shape index (κ1) is 19.1. The molecule has 138 valence electrons. The fourth-order valence-electron chi connectivity index (χ4n) is 3.07. The van der Waals surface area contributed by atoms with Crippen molar-refractivity contribution in [2.24, 2.45) is 5.92 Å². The molecule has 6 nitrogen and oxygen atoms in total. The first-order chi connectivity index (χ1) is 11.9. The van der Waals surface area contributed by atoms with Gasteiger partial charge < -0.3 is 19.9 Å². The predicted octanol–water partition coefficient (Wildman–Crippen LogP) is 2.66. The SMILES string of the molecule is CCOc1cccc(C(C)NC(=O)C2CCN(C(=O)N(C)C)CC2)c1. The van der Waals surface area contributed by atoms with Gasteiger partial charge in [-0.1, -0.05) is 12.1 Å². The summed E-state index contributed by atoms with van der Waals surface area (Å²) >= 11 is 0. The van der Waals surface area contributed by atoms with Crippen LogP contribution in [0.5, 0.6) is 5.75 Å². The van der Waals surface area contributed by atoms with Crippen LogP contribution in [-0.2, 0) is 4.79 Å². The van der Waals surface area contributed by atoms with Crippen molar-refractivity contribution >= 4 is 11.9 Å². The van der Waals surface area contributed by atoms with Crippen molar-refractivity contribution in [3.05, 3.63) is 29.8 Å². The average Bonchev–Trinajstić information content (AvgIpc) is 2.61. The number of carbonyl (C=O) groups is 2. The number of amides is 3. The van der Waals surface area contributed by atoms with E-state index >= 15 is 0 Å². The van der Waals surface area contributed by atoms with Crippen LogP contribution < -0.4 is 10.1 Å². The van der Waals surface area contributed by atoms with Crippen molar-refractivity contribution in [3.63, 3.8) is 0 Å². The molecule has 6 heteroatoms. The van der Waals surface area contributed by atoms with Crippen LogP contribution in [0.3, 0.4) is 0 Å². The monoisotopic (exact) mass is 347 g/mol. The van der Waals surface area contributed by atoms with Gasteiger partial charge in [-0.2, -0.15) is 0 Å². The third-order valence-electron chi connectivity index (χ3n) is 4.55. The highest BCUT2D eigenvalue weighted by Crippen LogP contribution is 2.22. The maximum atomic E-state index is 12.5. The van der Waals surface area contributed by atoms with E-state index in [0.29, 0.717) is 32.5 Å². The summed E-state index contributed by atoms with van der Waals surface area (Å²) in [5.41, 5.74) is 1.03. The highest BCUT2D eigenvalue weighted by molar-refractivity contribution is 5.80. The number of ether oxygens (including phenoxy) is 1. The number of piperidine rings is 1. The standard InChI is InChI=1S/C19H29N3O3/c1-5-25-17-8-6-7-16(13-17)14(2)20-18(23)15-9-11-22(12-10-15)19(24)21(3)4/h6-8,13-15H,5,9-12H2,1-4H3,(H,20,23). The third-order valence-corrected chi connectivity index (χ3v) is 4.55. The number of carbonyl (C=O) groups excluding carboxylic acids is 2. The van der Waals surface area contributed by atoms with Crippen molar-refractivity contribution in [3.8, 4) is 5.75 Å². The second-order valence-corrected chi connectivity index (χ2v) is 6.67. The normalized spacial score (nSPS) is 16.2. The molecule has 1 heterocycles. The van der Waals surface area contributed by atoms with E-state index in [9.17, 15) is 9.59 Å². The van der Waals surface area contributed by atoms with Gasteiger partial charge in [-0.25, -0.2) is 4.79 Å². The first-order valence-electron chi connectivity index (χ1n) is 8.91. The van der Waals surface area contributed by atoms with Crippen LogP contribution in [0.15, 0.2) is 24.3 Å². The van der Waals surface area contributed by atoms with E-state index in [0.717, 1.165) is 11.3 Å². The van der Waals surface area contributed by atoms with Crippen LogP contribution in [0.1, 0.15) is 38.3 Å². The van der Waals surface area contributed by atoms with Crippen LogP contribution in [0.4, 0.5) is 4.79 Å². The summed E-state index contributed by atoms with van der Waals surface area (Å²) in [5.74, 6) is 0.839. The van der Waals surface area contributed by atoms with Crippen LogP contribution in [0, 0.1) is 5.92 Å². The maximum Gasteiger partial charge on any atom is 0.319 e. The van der Waals surface area contributed by atoms with Crippen molar-refractivity contribution in [2.45, 2.75) is 32.7 Å². The molecule has 1 aliphatic rings. The molecular weight excluding hydrogens is 318 g/mol. The van der Waals surface area contributed by atoms with E-state index in [1.807, 2.05) is 38.1 Å². The number of nitrogens with one attached hydrogen (secondary N) is 1. The molecule has 3 amide bonds. The molecule has 0 spiro atoms. The van der Waals surface area contributed by atoms with E-state index in [-0.39, 0.29) is 23.9 Å². The summed E-state index contributed by atoms with van der Waals surface area (Å²) in [6.07, 6.45) is 1.41. The smallest absolute Gasteiger partial charge is 0.319 e. The third kappa shape index (κ3) is 5.11. The largest absolute Gasteiger partial charge is 0.494 e. The Kier molecular flexibility index (Phi) is 6.67. The van der Waals surface area contributed by atoms with E-state index in [4.69, 9.17) is 4.74 Å². The summed E-state index contributed by atoms with van der Waals surface area (Å²) in [6.45, 7) is 5.81. The van der Waals surface area contributed by atoms with Gasteiger partial charge in [0.15, 0.2) is 0 Å². The molecule has 1 unspecified atom stereocenters. The second-order valence-electron chi connectivity index (χ2n) is 6.67. The number of nitrogens with zero attached hydrogens (tertiary/aromatic N) is 2. The molecule has 0 saturated carbocycles. The first-order valence-corrected chi connectivity index (χ1v) is 8.91. The summed E-state index contributed by atoms with van der Waals surface area (Å²) in [4.78, 5) is 27.9. The van der Waals surface area contributed by atoms with Crippen LogP contribution in [-0.4, -0.2) is 55.5 Å². The summed E-state index contributed by atoms with van der Waals surface area (Å²) in [5, 5.41) is 3.09. The van der Waals surface area contributed by atoms with Crippen LogP contribution in [0.2, 0.25) is 0 Å². The van der Waals surface area contributed by atoms with E-state index in [1.165, 1.54) is 0 Å². The molecular formula is C19H29N3O3. The number of hydrogen-bond acceptors (Lipinski definition) is 3. The zero-order valence-electron chi connectivity index (χ0n) is 15.6. The Hall–Kier alpha value is -2.24. The van der Waals surface area contributed by atoms with Gasteiger partial charge in [0, 0.05) is 33.1 Å². The van der Waals surface area contributed by atoms with E-state index in [1.54, 1.807) is 23.9 Å². The molecule has 2 rings (SSSR count). The van der Waals surface area contributed by atoms with Gasteiger partial charge in [-0.15, -0.1) is 0 Å². The quantitative estimate of drug-likeness (QED) is 0.891. The number of rotatable bonds is 5. The van der Waals surface area contributed by atoms with E-state index < -0.39 is 0 Å².